The third-order valence-electron chi connectivity index (χ3n) is 3.44. The van der Waals surface area contributed by atoms with Gasteiger partial charge in [-0.1, -0.05) is 0 Å². The first-order chi connectivity index (χ1) is 9.63. The van der Waals surface area contributed by atoms with Gasteiger partial charge >= 0.3 is 0 Å². The van der Waals surface area contributed by atoms with Crippen molar-refractivity contribution in [1.29, 1.82) is 0 Å². The molecule has 1 atom stereocenters. The number of methoxy groups -OCH3 is 1. The summed E-state index contributed by atoms with van der Waals surface area (Å²) >= 11 is 3.58. The van der Waals surface area contributed by atoms with Crippen LogP contribution < -0.4 is 14.8 Å². The smallest absolute Gasteiger partial charge is 0.175 e. The lowest BCUT2D eigenvalue weighted by atomic mass is 10.1. The van der Waals surface area contributed by atoms with Crippen LogP contribution in [0.4, 0.5) is 0 Å². The van der Waals surface area contributed by atoms with E-state index in [0.717, 1.165) is 42.2 Å². The molecule has 20 heavy (non-hydrogen) atoms. The summed E-state index contributed by atoms with van der Waals surface area (Å²) in [6.07, 6.45) is 0. The van der Waals surface area contributed by atoms with Gasteiger partial charge in [-0.3, -0.25) is 4.90 Å². The van der Waals surface area contributed by atoms with Crippen LogP contribution in [0.25, 0.3) is 0 Å². The molecule has 1 N–H and O–H groups in total. The first kappa shape index (κ1) is 15.6. The van der Waals surface area contributed by atoms with Crippen molar-refractivity contribution in [2.75, 3.05) is 33.4 Å². The Hall–Kier alpha value is -0.780. The van der Waals surface area contributed by atoms with Gasteiger partial charge in [-0.15, -0.1) is 0 Å². The molecule has 1 aromatic carbocycles. The zero-order valence-corrected chi connectivity index (χ0v) is 14.0. The van der Waals surface area contributed by atoms with Crippen LogP contribution in [0.3, 0.4) is 0 Å². The number of rotatable bonds is 5. The maximum Gasteiger partial charge on any atom is 0.175 e. The number of benzene rings is 1. The van der Waals surface area contributed by atoms with Gasteiger partial charge in [-0.2, -0.15) is 0 Å². The zero-order valence-electron chi connectivity index (χ0n) is 12.4. The molecule has 0 aliphatic carbocycles. The van der Waals surface area contributed by atoms with Gasteiger partial charge in [0.25, 0.3) is 0 Å². The number of halogens is 1. The first-order valence-corrected chi connectivity index (χ1v) is 7.88. The quantitative estimate of drug-likeness (QED) is 0.891. The maximum atomic E-state index is 5.63. The van der Waals surface area contributed by atoms with Crippen molar-refractivity contribution in [2.24, 2.45) is 0 Å². The van der Waals surface area contributed by atoms with Crippen molar-refractivity contribution in [2.45, 2.75) is 26.4 Å². The van der Waals surface area contributed by atoms with Crippen LogP contribution in [0.5, 0.6) is 11.5 Å². The molecule has 112 valence electrons. The number of hydrogen-bond acceptors (Lipinski definition) is 4. The van der Waals surface area contributed by atoms with Gasteiger partial charge in [0.1, 0.15) is 0 Å². The Labute approximate surface area is 129 Å². The Morgan fingerprint density at radius 1 is 1.45 bits per heavy atom. The van der Waals surface area contributed by atoms with Crippen molar-refractivity contribution in [3.63, 3.8) is 0 Å². The summed E-state index contributed by atoms with van der Waals surface area (Å²) in [6, 6.07) is 4.75. The molecule has 5 heteroatoms. The number of nitrogens with one attached hydrogen (secondary N) is 1. The van der Waals surface area contributed by atoms with E-state index in [1.165, 1.54) is 5.56 Å². The van der Waals surface area contributed by atoms with Gasteiger partial charge < -0.3 is 14.8 Å². The molecule has 1 aliphatic rings. The SMILES string of the molecule is CCOc1c(Br)cc(CN2CCN[C@H](C)C2)cc1OC. The fourth-order valence-corrected chi connectivity index (χ4v) is 3.17. The first-order valence-electron chi connectivity index (χ1n) is 7.09. The third-order valence-corrected chi connectivity index (χ3v) is 4.03. The fourth-order valence-electron chi connectivity index (χ4n) is 2.56. The van der Waals surface area contributed by atoms with Crippen molar-refractivity contribution < 1.29 is 9.47 Å². The standard InChI is InChI=1S/C15H23BrN2O2/c1-4-20-15-13(16)7-12(8-14(15)19-3)10-18-6-5-17-11(2)9-18/h7-8,11,17H,4-6,9-10H2,1-3H3/t11-/m1/s1. The third kappa shape index (κ3) is 3.87. The van der Waals surface area contributed by atoms with Crippen LogP contribution >= 0.6 is 15.9 Å². The van der Waals surface area contributed by atoms with E-state index in [-0.39, 0.29) is 0 Å². The van der Waals surface area contributed by atoms with E-state index < -0.39 is 0 Å². The molecular formula is C15H23BrN2O2. The molecule has 1 aliphatic heterocycles. The summed E-state index contributed by atoms with van der Waals surface area (Å²) in [6.45, 7) is 8.97. The van der Waals surface area contributed by atoms with E-state index in [1.54, 1.807) is 7.11 Å². The van der Waals surface area contributed by atoms with Crippen molar-refractivity contribution >= 4 is 15.9 Å². The maximum absolute atomic E-state index is 5.63. The fraction of sp³-hybridized carbons (Fsp3) is 0.600. The predicted octanol–water partition coefficient (Wildman–Crippen LogP) is 2.65. The number of nitrogens with zero attached hydrogens (tertiary/aromatic N) is 1. The molecule has 1 saturated heterocycles. The van der Waals surface area contributed by atoms with Crippen LogP contribution in [0.1, 0.15) is 19.4 Å². The number of piperazine rings is 1. The highest BCUT2D eigenvalue weighted by Crippen LogP contribution is 2.37. The second-order valence-corrected chi connectivity index (χ2v) is 5.99. The van der Waals surface area contributed by atoms with Crippen molar-refractivity contribution in [3.8, 4) is 11.5 Å². The summed E-state index contributed by atoms with van der Waals surface area (Å²) in [4.78, 5) is 2.46. The minimum Gasteiger partial charge on any atom is -0.493 e. The highest BCUT2D eigenvalue weighted by Gasteiger charge is 2.17. The lowest BCUT2D eigenvalue weighted by Crippen LogP contribution is -2.48. The van der Waals surface area contributed by atoms with E-state index in [0.29, 0.717) is 12.6 Å². The molecule has 1 aromatic rings. The lowest BCUT2D eigenvalue weighted by Gasteiger charge is -2.32. The highest BCUT2D eigenvalue weighted by molar-refractivity contribution is 9.10. The molecule has 0 radical (unpaired) electrons. The average molecular weight is 343 g/mol. The molecule has 1 heterocycles. The topological polar surface area (TPSA) is 33.7 Å². The Morgan fingerprint density at radius 2 is 2.25 bits per heavy atom. The molecule has 4 nitrogen and oxygen atoms in total. The summed E-state index contributed by atoms with van der Waals surface area (Å²) in [5.41, 5.74) is 1.24. The summed E-state index contributed by atoms with van der Waals surface area (Å²) in [7, 11) is 1.68. The van der Waals surface area contributed by atoms with E-state index in [2.05, 4.69) is 45.2 Å². The van der Waals surface area contributed by atoms with Crippen LogP contribution in [-0.4, -0.2) is 44.3 Å². The second kappa shape index (κ2) is 7.29. The Morgan fingerprint density at radius 3 is 2.90 bits per heavy atom. The molecule has 0 aromatic heterocycles. The minimum absolute atomic E-state index is 0.553. The Kier molecular flexibility index (Phi) is 5.69. The average Bonchev–Trinajstić information content (AvgIpc) is 2.41. The zero-order chi connectivity index (χ0) is 14.5. The predicted molar refractivity (Wildman–Crippen MR) is 84.6 cm³/mol. The van der Waals surface area contributed by atoms with E-state index in [9.17, 15) is 0 Å². The normalized spacial score (nSPS) is 19.9. The summed E-state index contributed by atoms with van der Waals surface area (Å²) in [5, 5.41) is 3.46. The molecule has 0 saturated carbocycles. The van der Waals surface area contributed by atoms with Gasteiger partial charge in [-0.25, -0.2) is 0 Å². The molecule has 1 fully saturated rings. The van der Waals surface area contributed by atoms with Gasteiger partial charge in [0.2, 0.25) is 0 Å². The highest BCUT2D eigenvalue weighted by atomic mass is 79.9. The van der Waals surface area contributed by atoms with Gasteiger partial charge in [0, 0.05) is 32.2 Å². The molecule has 0 amide bonds. The Bertz CT molecular complexity index is 454. The summed E-state index contributed by atoms with van der Waals surface area (Å²) < 4.78 is 12.0. The van der Waals surface area contributed by atoms with E-state index >= 15 is 0 Å². The van der Waals surface area contributed by atoms with Crippen molar-refractivity contribution in [3.05, 3.63) is 22.2 Å². The van der Waals surface area contributed by atoms with Gasteiger partial charge in [0.15, 0.2) is 11.5 Å². The molecule has 0 bridgehead atoms. The molecule has 0 unspecified atom stereocenters. The van der Waals surface area contributed by atoms with E-state index in [1.807, 2.05) is 6.92 Å². The van der Waals surface area contributed by atoms with Crippen LogP contribution in [0, 0.1) is 0 Å². The lowest BCUT2D eigenvalue weighted by molar-refractivity contribution is 0.199. The minimum atomic E-state index is 0.553. The number of ether oxygens (including phenoxy) is 2. The van der Waals surface area contributed by atoms with Gasteiger partial charge in [0.05, 0.1) is 18.2 Å². The molecule has 2 rings (SSSR count). The monoisotopic (exact) mass is 342 g/mol. The van der Waals surface area contributed by atoms with Crippen LogP contribution in [-0.2, 0) is 6.54 Å². The molecular weight excluding hydrogens is 320 g/mol. The van der Waals surface area contributed by atoms with E-state index in [4.69, 9.17) is 9.47 Å². The van der Waals surface area contributed by atoms with Gasteiger partial charge in [-0.05, 0) is 47.5 Å². The molecule has 0 spiro atoms. The Balaban J connectivity index is 2.14. The van der Waals surface area contributed by atoms with Crippen molar-refractivity contribution in [1.82, 2.24) is 10.2 Å². The van der Waals surface area contributed by atoms with Crippen LogP contribution in [0.2, 0.25) is 0 Å². The van der Waals surface area contributed by atoms with Crippen LogP contribution in [0.15, 0.2) is 16.6 Å². The number of hydrogen-bond donors (Lipinski definition) is 1. The second-order valence-electron chi connectivity index (χ2n) is 5.13. The summed E-state index contributed by atoms with van der Waals surface area (Å²) in [5.74, 6) is 1.58. The largest absolute Gasteiger partial charge is 0.493 e.